The zero-order chi connectivity index (χ0) is 13.1. The van der Waals surface area contributed by atoms with Crippen LogP contribution in [0, 0.1) is 6.92 Å². The first-order chi connectivity index (χ1) is 9.34. The third kappa shape index (κ3) is 2.50. The predicted molar refractivity (Wildman–Crippen MR) is 80.0 cm³/mol. The lowest BCUT2D eigenvalue weighted by Gasteiger charge is -2.13. The van der Waals surface area contributed by atoms with Gasteiger partial charge in [0.15, 0.2) is 0 Å². The van der Waals surface area contributed by atoms with Gasteiger partial charge in [0.05, 0.1) is 5.69 Å². The Hall–Kier alpha value is -2.15. The van der Waals surface area contributed by atoms with Gasteiger partial charge in [-0.15, -0.1) is 0 Å². The molecule has 2 aromatic carbocycles. The Morgan fingerprint density at radius 1 is 0.895 bits per heavy atom. The number of benzene rings is 2. The number of aromatic nitrogens is 1. The van der Waals surface area contributed by atoms with Crippen LogP contribution in [0.25, 0.3) is 10.8 Å². The highest BCUT2D eigenvalue weighted by Crippen LogP contribution is 2.25. The van der Waals surface area contributed by atoms with Crippen LogP contribution in [0.5, 0.6) is 0 Å². The minimum Gasteiger partial charge on any atom is -0.260 e. The van der Waals surface area contributed by atoms with Crippen LogP contribution in [0.4, 0.5) is 0 Å². The molecule has 93 valence electrons. The van der Waals surface area contributed by atoms with Crippen molar-refractivity contribution in [2.24, 2.45) is 0 Å². The molecule has 0 aliphatic rings. The van der Waals surface area contributed by atoms with Gasteiger partial charge < -0.3 is 0 Å². The molecule has 1 atom stereocenters. The van der Waals surface area contributed by atoms with Crippen LogP contribution >= 0.6 is 0 Å². The monoisotopic (exact) mass is 246 g/mol. The minimum absolute atomic E-state index is 0.175. The van der Waals surface area contributed by atoms with Gasteiger partial charge in [0.1, 0.15) is 0 Å². The number of hydrogen-bond acceptors (Lipinski definition) is 1. The standard InChI is InChI=1S/C18H16N/c1-14(13-15-7-3-2-4-8-15)18-17-10-6-5-9-16(17)11-12-19-18/h2-12,14H,1,13H2. The number of nitrogens with zero attached hydrogens (tertiary/aromatic N) is 1. The van der Waals surface area contributed by atoms with Gasteiger partial charge in [-0.25, -0.2) is 0 Å². The summed E-state index contributed by atoms with van der Waals surface area (Å²) >= 11 is 0. The molecule has 1 nitrogen and oxygen atoms in total. The van der Waals surface area contributed by atoms with Crippen molar-refractivity contribution in [3.05, 3.63) is 85.0 Å². The normalized spacial score (nSPS) is 12.5. The molecule has 19 heavy (non-hydrogen) atoms. The highest BCUT2D eigenvalue weighted by Gasteiger charge is 2.11. The first kappa shape index (κ1) is 11.9. The summed E-state index contributed by atoms with van der Waals surface area (Å²) in [6.07, 6.45) is 2.79. The molecule has 0 aliphatic carbocycles. The zero-order valence-electron chi connectivity index (χ0n) is 10.8. The molecule has 1 radical (unpaired) electrons. The highest BCUT2D eigenvalue weighted by atomic mass is 14.7. The van der Waals surface area contributed by atoms with Crippen molar-refractivity contribution in [2.45, 2.75) is 12.3 Å². The van der Waals surface area contributed by atoms with E-state index in [1.54, 1.807) is 0 Å². The van der Waals surface area contributed by atoms with E-state index < -0.39 is 0 Å². The maximum atomic E-state index is 4.54. The molecule has 0 saturated carbocycles. The summed E-state index contributed by atoms with van der Waals surface area (Å²) in [4.78, 5) is 4.54. The third-order valence-corrected chi connectivity index (χ3v) is 3.42. The Kier molecular flexibility index (Phi) is 3.28. The summed E-state index contributed by atoms with van der Waals surface area (Å²) in [6, 6.07) is 20.9. The van der Waals surface area contributed by atoms with E-state index in [-0.39, 0.29) is 5.92 Å². The summed E-state index contributed by atoms with van der Waals surface area (Å²) < 4.78 is 0. The SMILES string of the molecule is [CH2]C(Cc1ccccc1)c1nccc2ccccc12. The molecule has 0 N–H and O–H groups in total. The van der Waals surface area contributed by atoms with E-state index in [0.717, 1.165) is 12.1 Å². The average Bonchev–Trinajstić information content (AvgIpc) is 2.47. The second-order valence-corrected chi connectivity index (χ2v) is 4.80. The average molecular weight is 246 g/mol. The lowest BCUT2D eigenvalue weighted by atomic mass is 9.94. The van der Waals surface area contributed by atoms with Gasteiger partial charge in [-0.1, -0.05) is 54.6 Å². The largest absolute Gasteiger partial charge is 0.260 e. The molecule has 1 heterocycles. The third-order valence-electron chi connectivity index (χ3n) is 3.42. The zero-order valence-corrected chi connectivity index (χ0v) is 10.8. The van der Waals surface area contributed by atoms with E-state index in [4.69, 9.17) is 0 Å². The van der Waals surface area contributed by atoms with E-state index in [0.29, 0.717) is 0 Å². The van der Waals surface area contributed by atoms with Gasteiger partial charge in [-0.2, -0.15) is 0 Å². The van der Waals surface area contributed by atoms with Gasteiger partial charge in [-0.3, -0.25) is 4.98 Å². The molecule has 0 saturated heterocycles. The summed E-state index contributed by atoms with van der Waals surface area (Å²) in [7, 11) is 0. The Balaban J connectivity index is 1.96. The summed E-state index contributed by atoms with van der Waals surface area (Å²) in [5.41, 5.74) is 2.39. The van der Waals surface area contributed by atoms with Crippen LogP contribution in [-0.4, -0.2) is 4.98 Å². The Morgan fingerprint density at radius 2 is 1.63 bits per heavy atom. The molecule has 3 rings (SSSR count). The molecule has 3 aromatic rings. The molecule has 0 fully saturated rings. The van der Waals surface area contributed by atoms with Crippen LogP contribution in [0.2, 0.25) is 0 Å². The van der Waals surface area contributed by atoms with E-state index >= 15 is 0 Å². The van der Waals surface area contributed by atoms with Gasteiger partial charge in [0.25, 0.3) is 0 Å². The van der Waals surface area contributed by atoms with Crippen LogP contribution in [-0.2, 0) is 6.42 Å². The lowest BCUT2D eigenvalue weighted by Crippen LogP contribution is -2.02. The Morgan fingerprint density at radius 3 is 2.47 bits per heavy atom. The molecule has 1 heteroatoms. The van der Waals surface area contributed by atoms with Crippen LogP contribution in [0.1, 0.15) is 17.2 Å². The molecular formula is C18H16N. The maximum Gasteiger partial charge on any atom is 0.0516 e. The van der Waals surface area contributed by atoms with Gasteiger partial charge in [0, 0.05) is 17.5 Å². The molecule has 0 aliphatic heterocycles. The summed E-state index contributed by atoms with van der Waals surface area (Å²) in [6.45, 7) is 4.29. The first-order valence-corrected chi connectivity index (χ1v) is 6.55. The first-order valence-electron chi connectivity index (χ1n) is 6.55. The van der Waals surface area contributed by atoms with E-state index in [1.165, 1.54) is 16.3 Å². The second kappa shape index (κ2) is 5.23. The van der Waals surface area contributed by atoms with Crippen molar-refractivity contribution in [2.75, 3.05) is 0 Å². The molecule has 0 spiro atoms. The van der Waals surface area contributed by atoms with Gasteiger partial charge in [0.2, 0.25) is 0 Å². The molecule has 0 amide bonds. The topological polar surface area (TPSA) is 12.9 Å². The molecular weight excluding hydrogens is 230 g/mol. The highest BCUT2D eigenvalue weighted by molar-refractivity contribution is 5.84. The number of fused-ring (bicyclic) bond motifs is 1. The van der Waals surface area contributed by atoms with Gasteiger partial charge in [-0.05, 0) is 30.4 Å². The van der Waals surface area contributed by atoms with Crippen molar-refractivity contribution >= 4 is 10.8 Å². The van der Waals surface area contributed by atoms with E-state index in [2.05, 4.69) is 60.4 Å². The Labute approximate surface area is 113 Å². The quantitative estimate of drug-likeness (QED) is 0.667. The van der Waals surface area contributed by atoms with E-state index in [1.807, 2.05) is 18.3 Å². The minimum atomic E-state index is 0.175. The number of hydrogen-bond donors (Lipinski definition) is 0. The second-order valence-electron chi connectivity index (χ2n) is 4.80. The van der Waals surface area contributed by atoms with Crippen LogP contribution in [0.15, 0.2) is 66.9 Å². The fraction of sp³-hybridized carbons (Fsp3) is 0.111. The molecule has 0 bridgehead atoms. The Bertz CT molecular complexity index is 668. The summed E-state index contributed by atoms with van der Waals surface area (Å²) in [5.74, 6) is 0.175. The predicted octanol–water partition coefficient (Wildman–Crippen LogP) is 4.40. The fourth-order valence-electron chi connectivity index (χ4n) is 2.46. The smallest absolute Gasteiger partial charge is 0.0516 e. The lowest BCUT2D eigenvalue weighted by molar-refractivity contribution is 0.807. The fourth-order valence-corrected chi connectivity index (χ4v) is 2.46. The van der Waals surface area contributed by atoms with Crippen molar-refractivity contribution in [3.8, 4) is 0 Å². The number of pyridine rings is 1. The maximum absolute atomic E-state index is 4.54. The summed E-state index contributed by atoms with van der Waals surface area (Å²) in [5, 5.41) is 2.44. The van der Waals surface area contributed by atoms with Crippen molar-refractivity contribution in [1.82, 2.24) is 4.98 Å². The molecule has 1 aromatic heterocycles. The van der Waals surface area contributed by atoms with Crippen molar-refractivity contribution in [1.29, 1.82) is 0 Å². The van der Waals surface area contributed by atoms with Crippen molar-refractivity contribution in [3.63, 3.8) is 0 Å². The van der Waals surface area contributed by atoms with Crippen LogP contribution < -0.4 is 0 Å². The number of rotatable bonds is 3. The van der Waals surface area contributed by atoms with E-state index in [9.17, 15) is 0 Å². The molecule has 1 unspecified atom stereocenters. The van der Waals surface area contributed by atoms with Gasteiger partial charge >= 0.3 is 0 Å². The van der Waals surface area contributed by atoms with Crippen LogP contribution in [0.3, 0.4) is 0 Å². The van der Waals surface area contributed by atoms with Crippen molar-refractivity contribution < 1.29 is 0 Å².